The van der Waals surface area contributed by atoms with E-state index in [2.05, 4.69) is 0 Å². The highest BCUT2D eigenvalue weighted by Gasteiger charge is 2.51. The van der Waals surface area contributed by atoms with Crippen molar-refractivity contribution in [1.29, 1.82) is 0 Å². The summed E-state index contributed by atoms with van der Waals surface area (Å²) in [7, 11) is 0. The summed E-state index contributed by atoms with van der Waals surface area (Å²) in [6.07, 6.45) is -4.32. The van der Waals surface area contributed by atoms with Gasteiger partial charge in [-0.2, -0.15) is 0 Å². The number of aliphatic hydroxyl groups excluding tert-OH is 5. The zero-order valence-corrected chi connectivity index (χ0v) is 8.98. The molecule has 1 saturated carbocycles. The minimum Gasteiger partial charge on any atom is -0.396 e. The molecule has 5 N–H and O–H groups in total. The molecule has 0 spiro atoms. The van der Waals surface area contributed by atoms with Crippen molar-refractivity contribution in [3.8, 4) is 0 Å². The molecule has 15 heavy (non-hydrogen) atoms. The van der Waals surface area contributed by atoms with Gasteiger partial charge in [0.05, 0.1) is 31.0 Å². The predicted octanol–water partition coefficient (Wildman–Crippen LogP) is -1.68. The molecule has 6 atom stereocenters. The van der Waals surface area contributed by atoms with Crippen LogP contribution in [-0.4, -0.2) is 56.6 Å². The standard InChI is InChI=1S/C10H20O5/c1-4(2)7(12)6-8(13)5(3-11)9(14)10(6)15/h4-15H,3H2,1-2H3/t5?,6?,7-,8?,9-,10?/m0/s1. The molecule has 4 unspecified atom stereocenters. The van der Waals surface area contributed by atoms with E-state index < -0.39 is 42.9 Å². The molecular formula is C10H20O5. The Balaban J connectivity index is 2.82. The van der Waals surface area contributed by atoms with Gasteiger partial charge in [-0.3, -0.25) is 0 Å². The number of hydrogen-bond donors (Lipinski definition) is 5. The maximum absolute atomic E-state index is 9.79. The van der Waals surface area contributed by atoms with Crippen LogP contribution in [0.15, 0.2) is 0 Å². The molecule has 1 aliphatic carbocycles. The van der Waals surface area contributed by atoms with Crippen LogP contribution in [0.4, 0.5) is 0 Å². The lowest BCUT2D eigenvalue weighted by Gasteiger charge is -2.27. The van der Waals surface area contributed by atoms with Crippen LogP contribution in [0.1, 0.15) is 13.8 Å². The summed E-state index contributed by atoms with van der Waals surface area (Å²) >= 11 is 0. The summed E-state index contributed by atoms with van der Waals surface area (Å²) in [5, 5.41) is 47.7. The molecule has 1 rings (SSSR count). The summed E-state index contributed by atoms with van der Waals surface area (Å²) < 4.78 is 0. The molecule has 1 fully saturated rings. The highest BCUT2D eigenvalue weighted by Crippen LogP contribution is 2.36. The first-order chi connectivity index (χ1) is 6.91. The quantitative estimate of drug-likeness (QED) is 0.391. The smallest absolute Gasteiger partial charge is 0.0881 e. The van der Waals surface area contributed by atoms with Crippen LogP contribution >= 0.6 is 0 Å². The van der Waals surface area contributed by atoms with E-state index in [4.69, 9.17) is 5.11 Å². The van der Waals surface area contributed by atoms with E-state index in [1.54, 1.807) is 13.8 Å². The molecular weight excluding hydrogens is 200 g/mol. The fraction of sp³-hybridized carbons (Fsp3) is 1.00. The van der Waals surface area contributed by atoms with Crippen LogP contribution in [0.25, 0.3) is 0 Å². The molecule has 0 saturated heterocycles. The van der Waals surface area contributed by atoms with E-state index in [9.17, 15) is 20.4 Å². The molecule has 0 radical (unpaired) electrons. The van der Waals surface area contributed by atoms with Crippen molar-refractivity contribution in [3.63, 3.8) is 0 Å². The van der Waals surface area contributed by atoms with E-state index >= 15 is 0 Å². The lowest BCUT2D eigenvalue weighted by Crippen LogP contribution is -2.39. The van der Waals surface area contributed by atoms with Gasteiger partial charge in [0.1, 0.15) is 0 Å². The second-order valence-electron chi connectivity index (χ2n) is 4.63. The normalized spacial score (nSPS) is 43.6. The summed E-state index contributed by atoms with van der Waals surface area (Å²) in [6.45, 7) is 3.13. The Morgan fingerprint density at radius 1 is 1.00 bits per heavy atom. The Morgan fingerprint density at radius 3 is 1.87 bits per heavy atom. The maximum atomic E-state index is 9.79. The predicted molar refractivity (Wildman–Crippen MR) is 52.9 cm³/mol. The van der Waals surface area contributed by atoms with Gasteiger partial charge in [0.25, 0.3) is 0 Å². The lowest BCUT2D eigenvalue weighted by molar-refractivity contribution is -0.0571. The molecule has 0 aliphatic heterocycles. The second kappa shape index (κ2) is 4.76. The molecule has 0 aromatic heterocycles. The first-order valence-corrected chi connectivity index (χ1v) is 5.25. The van der Waals surface area contributed by atoms with E-state index in [1.807, 2.05) is 0 Å². The van der Waals surface area contributed by atoms with E-state index in [0.717, 1.165) is 0 Å². The van der Waals surface area contributed by atoms with Gasteiger partial charge in [0.15, 0.2) is 0 Å². The Hall–Kier alpha value is -0.200. The Kier molecular flexibility index (Phi) is 4.08. The van der Waals surface area contributed by atoms with Crippen LogP contribution in [0.5, 0.6) is 0 Å². The van der Waals surface area contributed by atoms with Crippen molar-refractivity contribution in [3.05, 3.63) is 0 Å². The molecule has 0 heterocycles. The van der Waals surface area contributed by atoms with Gasteiger partial charge < -0.3 is 25.5 Å². The Labute approximate surface area is 89.0 Å². The third-order valence-corrected chi connectivity index (χ3v) is 3.30. The minimum absolute atomic E-state index is 0.121. The number of hydrogen-bond acceptors (Lipinski definition) is 5. The zero-order chi connectivity index (χ0) is 11.7. The van der Waals surface area contributed by atoms with Crippen molar-refractivity contribution < 1.29 is 25.5 Å². The van der Waals surface area contributed by atoms with Crippen molar-refractivity contribution in [2.24, 2.45) is 17.8 Å². The van der Waals surface area contributed by atoms with E-state index in [1.165, 1.54) is 0 Å². The fourth-order valence-corrected chi connectivity index (χ4v) is 2.23. The van der Waals surface area contributed by atoms with Gasteiger partial charge in [0.2, 0.25) is 0 Å². The molecule has 0 aromatic carbocycles. The largest absolute Gasteiger partial charge is 0.396 e. The van der Waals surface area contributed by atoms with Gasteiger partial charge in [-0.25, -0.2) is 0 Å². The summed E-state index contributed by atoms with van der Waals surface area (Å²) in [5.41, 5.74) is 0. The maximum Gasteiger partial charge on any atom is 0.0881 e. The van der Waals surface area contributed by atoms with Gasteiger partial charge in [-0.05, 0) is 5.92 Å². The zero-order valence-electron chi connectivity index (χ0n) is 8.98. The highest BCUT2D eigenvalue weighted by atomic mass is 16.4. The average Bonchev–Trinajstić information content (AvgIpc) is 2.37. The molecule has 0 bridgehead atoms. The van der Waals surface area contributed by atoms with E-state index in [-0.39, 0.29) is 5.92 Å². The topological polar surface area (TPSA) is 101 Å². The summed E-state index contributed by atoms with van der Waals surface area (Å²) in [6, 6.07) is 0. The number of aliphatic hydroxyl groups is 5. The van der Waals surface area contributed by atoms with Gasteiger partial charge in [-0.15, -0.1) is 0 Å². The first-order valence-electron chi connectivity index (χ1n) is 5.25. The van der Waals surface area contributed by atoms with Crippen LogP contribution < -0.4 is 0 Å². The van der Waals surface area contributed by atoms with Crippen LogP contribution in [0, 0.1) is 17.8 Å². The average molecular weight is 220 g/mol. The first kappa shape index (κ1) is 12.9. The van der Waals surface area contributed by atoms with Crippen molar-refractivity contribution >= 4 is 0 Å². The highest BCUT2D eigenvalue weighted by molar-refractivity contribution is 5.00. The third-order valence-electron chi connectivity index (χ3n) is 3.30. The summed E-state index contributed by atoms with van der Waals surface area (Å²) in [5.74, 6) is -1.69. The fourth-order valence-electron chi connectivity index (χ4n) is 2.23. The van der Waals surface area contributed by atoms with E-state index in [0.29, 0.717) is 0 Å². The molecule has 0 aromatic rings. The third kappa shape index (κ3) is 2.16. The molecule has 90 valence electrons. The van der Waals surface area contributed by atoms with Crippen molar-refractivity contribution in [1.82, 2.24) is 0 Å². The van der Waals surface area contributed by atoms with Crippen LogP contribution in [0.3, 0.4) is 0 Å². The van der Waals surface area contributed by atoms with Gasteiger partial charge in [0, 0.05) is 11.8 Å². The van der Waals surface area contributed by atoms with Crippen molar-refractivity contribution in [2.45, 2.75) is 38.3 Å². The lowest BCUT2D eigenvalue weighted by atomic mass is 9.88. The summed E-state index contributed by atoms with van der Waals surface area (Å²) in [4.78, 5) is 0. The van der Waals surface area contributed by atoms with Gasteiger partial charge >= 0.3 is 0 Å². The number of rotatable bonds is 3. The minimum atomic E-state index is -1.19. The Morgan fingerprint density at radius 2 is 1.53 bits per heavy atom. The molecule has 1 aliphatic rings. The van der Waals surface area contributed by atoms with Crippen molar-refractivity contribution in [2.75, 3.05) is 6.61 Å². The SMILES string of the molecule is CC(C)[C@H](O)C1C(O)C(CO)[C@H](O)C1O. The van der Waals surface area contributed by atoms with Crippen LogP contribution in [-0.2, 0) is 0 Å². The molecule has 5 heteroatoms. The monoisotopic (exact) mass is 220 g/mol. The second-order valence-corrected chi connectivity index (χ2v) is 4.63. The Bertz CT molecular complexity index is 208. The van der Waals surface area contributed by atoms with Crippen LogP contribution in [0.2, 0.25) is 0 Å². The molecule has 0 amide bonds. The van der Waals surface area contributed by atoms with Gasteiger partial charge in [-0.1, -0.05) is 13.8 Å². The molecule has 5 nitrogen and oxygen atoms in total.